The molecule has 0 spiro atoms. The van der Waals surface area contributed by atoms with Crippen LogP contribution >= 0.6 is 0 Å². The van der Waals surface area contributed by atoms with Crippen molar-refractivity contribution in [2.45, 2.75) is 12.5 Å². The Hall–Kier alpha value is -2.14. The van der Waals surface area contributed by atoms with Gasteiger partial charge < -0.3 is 20.6 Å². The van der Waals surface area contributed by atoms with Crippen molar-refractivity contribution in [2.24, 2.45) is 0 Å². The molecule has 0 saturated carbocycles. The average molecular weight is 232 g/mol. The monoisotopic (exact) mass is 232 g/mol. The van der Waals surface area contributed by atoms with Gasteiger partial charge in [-0.25, -0.2) is 0 Å². The van der Waals surface area contributed by atoms with Gasteiger partial charge in [0.1, 0.15) is 0 Å². The van der Waals surface area contributed by atoms with Gasteiger partial charge >= 0.3 is 0 Å². The molecule has 1 atom stereocenters. The summed E-state index contributed by atoms with van der Waals surface area (Å²) in [6, 6.07) is 6.52. The molecule has 5 heteroatoms. The Balaban J connectivity index is 2.33. The molecular weight excluding hydrogens is 220 g/mol. The van der Waals surface area contributed by atoms with Crippen molar-refractivity contribution in [2.75, 3.05) is 0 Å². The number of aliphatic carboxylic acids is 1. The second-order valence-electron chi connectivity index (χ2n) is 3.89. The van der Waals surface area contributed by atoms with Gasteiger partial charge in [-0.1, -0.05) is 18.2 Å². The zero-order chi connectivity index (χ0) is 12.4. The number of hydrogen-bond donors (Lipinski definition) is 2. The third kappa shape index (κ3) is 2.19. The Labute approximate surface area is 97.2 Å². The van der Waals surface area contributed by atoms with Crippen molar-refractivity contribution < 1.29 is 20.4 Å². The lowest BCUT2D eigenvalue weighted by Crippen LogP contribution is -2.66. The largest absolute Gasteiger partial charge is 0.550 e. The summed E-state index contributed by atoms with van der Waals surface area (Å²) < 4.78 is 0. The van der Waals surface area contributed by atoms with Crippen LogP contribution in [0.3, 0.4) is 0 Å². The molecule has 2 rings (SSSR count). The topological polar surface area (TPSA) is 101 Å². The van der Waals surface area contributed by atoms with E-state index in [1.165, 1.54) is 0 Å². The smallest absolute Gasteiger partial charge is 0.222 e. The van der Waals surface area contributed by atoms with Crippen LogP contribution in [0, 0.1) is 0 Å². The Kier molecular flexibility index (Phi) is 2.93. The van der Waals surface area contributed by atoms with Crippen LogP contribution in [0.1, 0.15) is 16.8 Å². The molecule has 0 bridgehead atoms. The number of aromatic amines is 1. The van der Waals surface area contributed by atoms with Crippen LogP contribution in [-0.2, 0) is 4.79 Å². The van der Waals surface area contributed by atoms with Gasteiger partial charge in [-0.2, -0.15) is 0 Å². The number of para-hydroxylation sites is 1. The number of rotatable bonds is 4. The number of quaternary nitrogens is 1. The van der Waals surface area contributed by atoms with Gasteiger partial charge in [0.25, 0.3) is 0 Å². The SMILES string of the molecule is [NH3+][C@H](CC(=O)[O-])C(=O)c1c[nH]c2ccccc12. The predicted octanol–water partition coefficient (Wildman–Crippen LogP) is -0.899. The Morgan fingerprint density at radius 2 is 2.06 bits per heavy atom. The summed E-state index contributed by atoms with van der Waals surface area (Å²) >= 11 is 0. The molecule has 5 nitrogen and oxygen atoms in total. The summed E-state index contributed by atoms with van der Waals surface area (Å²) in [7, 11) is 0. The fourth-order valence-corrected chi connectivity index (χ4v) is 1.79. The number of carbonyl (C=O) groups excluding carboxylic acids is 2. The van der Waals surface area contributed by atoms with Gasteiger partial charge in [-0.05, 0) is 6.07 Å². The minimum Gasteiger partial charge on any atom is -0.550 e. The van der Waals surface area contributed by atoms with E-state index in [4.69, 9.17) is 0 Å². The number of H-pyrrole nitrogens is 1. The number of nitrogens with one attached hydrogen (secondary N) is 1. The second kappa shape index (κ2) is 4.39. The van der Waals surface area contributed by atoms with E-state index in [0.717, 1.165) is 10.9 Å². The number of hydrogen-bond acceptors (Lipinski definition) is 3. The highest BCUT2D eigenvalue weighted by atomic mass is 16.4. The third-order valence-electron chi connectivity index (χ3n) is 2.64. The maximum atomic E-state index is 12.0. The molecule has 1 aromatic heterocycles. The maximum absolute atomic E-state index is 12.0. The van der Waals surface area contributed by atoms with Gasteiger partial charge in [0.05, 0.1) is 0 Å². The molecule has 0 radical (unpaired) electrons. The fraction of sp³-hybridized carbons (Fsp3) is 0.167. The van der Waals surface area contributed by atoms with Crippen LogP contribution in [-0.4, -0.2) is 22.8 Å². The van der Waals surface area contributed by atoms with Crippen LogP contribution < -0.4 is 10.8 Å². The second-order valence-corrected chi connectivity index (χ2v) is 3.89. The first-order valence-corrected chi connectivity index (χ1v) is 5.23. The molecule has 1 heterocycles. The van der Waals surface area contributed by atoms with Crippen LogP contribution in [0.15, 0.2) is 30.5 Å². The molecule has 2 aromatic rings. The Morgan fingerprint density at radius 3 is 2.76 bits per heavy atom. The molecule has 0 aliphatic heterocycles. The van der Waals surface area contributed by atoms with Gasteiger partial charge in [0, 0.05) is 35.1 Å². The first kappa shape index (κ1) is 11.3. The minimum atomic E-state index is -1.27. The lowest BCUT2D eigenvalue weighted by molar-refractivity contribution is -0.404. The molecule has 0 aliphatic carbocycles. The van der Waals surface area contributed by atoms with Crippen molar-refractivity contribution >= 4 is 22.7 Å². The standard InChI is InChI=1S/C12H12N2O3/c13-9(5-11(15)16)12(17)8-6-14-10-4-2-1-3-7(8)10/h1-4,6,9,14H,5,13H2,(H,15,16)/t9-/m1/s1. The van der Waals surface area contributed by atoms with Crippen LogP contribution in [0.2, 0.25) is 0 Å². The average Bonchev–Trinajstić information content (AvgIpc) is 2.70. The molecule has 17 heavy (non-hydrogen) atoms. The van der Waals surface area contributed by atoms with E-state index in [-0.39, 0.29) is 12.2 Å². The van der Waals surface area contributed by atoms with E-state index >= 15 is 0 Å². The normalized spacial score (nSPS) is 12.5. The Morgan fingerprint density at radius 1 is 1.35 bits per heavy atom. The van der Waals surface area contributed by atoms with Crippen molar-refractivity contribution in [3.63, 3.8) is 0 Å². The number of benzene rings is 1. The van der Waals surface area contributed by atoms with Crippen molar-refractivity contribution in [3.05, 3.63) is 36.0 Å². The molecule has 0 unspecified atom stereocenters. The number of ketones is 1. The van der Waals surface area contributed by atoms with Crippen molar-refractivity contribution in [3.8, 4) is 0 Å². The van der Waals surface area contributed by atoms with Crippen LogP contribution in [0.25, 0.3) is 10.9 Å². The minimum absolute atomic E-state index is 0.286. The first-order chi connectivity index (χ1) is 8.09. The van der Waals surface area contributed by atoms with E-state index in [1.807, 2.05) is 24.3 Å². The van der Waals surface area contributed by atoms with E-state index in [9.17, 15) is 14.7 Å². The van der Waals surface area contributed by atoms with Gasteiger partial charge in [-0.3, -0.25) is 4.79 Å². The number of aromatic nitrogens is 1. The van der Waals surface area contributed by atoms with E-state index in [0.29, 0.717) is 5.56 Å². The number of carbonyl (C=O) groups is 2. The summed E-state index contributed by atoms with van der Waals surface area (Å²) in [5.74, 6) is -1.55. The van der Waals surface area contributed by atoms with E-state index in [2.05, 4.69) is 10.7 Å². The highest BCUT2D eigenvalue weighted by molar-refractivity contribution is 6.10. The summed E-state index contributed by atoms with van der Waals surface area (Å²) in [5.41, 5.74) is 4.87. The van der Waals surface area contributed by atoms with E-state index < -0.39 is 12.0 Å². The van der Waals surface area contributed by atoms with Gasteiger partial charge in [0.2, 0.25) is 5.78 Å². The first-order valence-electron chi connectivity index (χ1n) is 5.23. The summed E-state index contributed by atoms with van der Waals surface area (Å²) in [4.78, 5) is 25.4. The summed E-state index contributed by atoms with van der Waals surface area (Å²) in [6.45, 7) is 0. The molecule has 0 amide bonds. The quantitative estimate of drug-likeness (QED) is 0.668. The summed E-state index contributed by atoms with van der Waals surface area (Å²) in [6.07, 6.45) is 1.22. The molecular formula is C12H12N2O3. The van der Waals surface area contributed by atoms with Gasteiger partial charge in [0.15, 0.2) is 6.04 Å². The number of Topliss-reactive ketones (excluding diaryl/α,β-unsaturated/α-hetero) is 1. The zero-order valence-electron chi connectivity index (χ0n) is 9.10. The van der Waals surface area contributed by atoms with Crippen molar-refractivity contribution in [1.29, 1.82) is 0 Å². The predicted molar refractivity (Wildman–Crippen MR) is 58.9 cm³/mol. The molecule has 0 aliphatic rings. The van der Waals surface area contributed by atoms with Gasteiger partial charge in [-0.15, -0.1) is 0 Å². The zero-order valence-corrected chi connectivity index (χ0v) is 9.10. The number of carboxylic acid groups (broad SMARTS) is 1. The lowest BCUT2D eigenvalue weighted by atomic mass is 10.0. The van der Waals surface area contributed by atoms with Crippen LogP contribution in [0.4, 0.5) is 0 Å². The number of carboxylic acids is 1. The van der Waals surface area contributed by atoms with Crippen LogP contribution in [0.5, 0.6) is 0 Å². The Bertz CT molecular complexity index is 574. The molecule has 88 valence electrons. The third-order valence-corrected chi connectivity index (χ3v) is 2.64. The fourth-order valence-electron chi connectivity index (χ4n) is 1.79. The highest BCUT2D eigenvalue weighted by Crippen LogP contribution is 2.18. The molecule has 4 N–H and O–H groups in total. The molecule has 0 saturated heterocycles. The van der Waals surface area contributed by atoms with Crippen molar-refractivity contribution in [1.82, 2.24) is 4.98 Å². The lowest BCUT2D eigenvalue weighted by Gasteiger charge is -2.07. The van der Waals surface area contributed by atoms with E-state index in [1.54, 1.807) is 6.20 Å². The highest BCUT2D eigenvalue weighted by Gasteiger charge is 2.22. The number of fused-ring (bicyclic) bond motifs is 1. The molecule has 0 fully saturated rings. The maximum Gasteiger partial charge on any atom is 0.222 e. The summed E-state index contributed by atoms with van der Waals surface area (Å²) in [5, 5.41) is 11.2. The molecule has 1 aromatic carbocycles.